The van der Waals surface area contributed by atoms with Gasteiger partial charge >= 0.3 is 5.97 Å². The molecule has 1 aliphatic rings. The van der Waals surface area contributed by atoms with Crippen molar-refractivity contribution >= 4 is 5.97 Å². The highest BCUT2D eigenvalue weighted by Crippen LogP contribution is 2.35. The summed E-state index contributed by atoms with van der Waals surface area (Å²) in [6, 6.07) is 7.57. The summed E-state index contributed by atoms with van der Waals surface area (Å²) in [5.41, 5.74) is 5.17. The van der Waals surface area contributed by atoms with Gasteiger partial charge in [-0.2, -0.15) is 0 Å². The largest absolute Gasteiger partial charge is 0.481 e. The van der Waals surface area contributed by atoms with E-state index in [1.165, 1.54) is 17.5 Å². The van der Waals surface area contributed by atoms with E-state index >= 15 is 0 Å². The van der Waals surface area contributed by atoms with Crippen LogP contribution < -0.4 is 4.74 Å². The summed E-state index contributed by atoms with van der Waals surface area (Å²) >= 11 is 0. The van der Waals surface area contributed by atoms with Gasteiger partial charge in [-0.25, -0.2) is 9.78 Å². The third-order valence-corrected chi connectivity index (χ3v) is 4.24. The zero-order valence-electron chi connectivity index (χ0n) is 13.6. The number of nitrogens with zero attached hydrogens (tertiary/aromatic N) is 1. The average Bonchev–Trinajstić information content (AvgIpc) is 2.61. The number of methoxy groups -OCH3 is 1. The van der Waals surface area contributed by atoms with Crippen LogP contribution >= 0.6 is 0 Å². The molecule has 4 nitrogen and oxygen atoms in total. The van der Waals surface area contributed by atoms with Crippen LogP contribution in [0.4, 0.5) is 0 Å². The van der Waals surface area contributed by atoms with Gasteiger partial charge in [0.15, 0.2) is 0 Å². The number of fused-ring (bicyclic) bond motifs is 1. The van der Waals surface area contributed by atoms with Gasteiger partial charge in [-0.05, 0) is 55.9 Å². The maximum absolute atomic E-state index is 12.0. The second-order valence-corrected chi connectivity index (χ2v) is 5.65. The number of carbonyl (C=O) groups is 1. The molecule has 3 rings (SSSR count). The number of rotatable bonds is 4. The molecule has 0 radical (unpaired) electrons. The van der Waals surface area contributed by atoms with Gasteiger partial charge in [0, 0.05) is 17.3 Å². The summed E-state index contributed by atoms with van der Waals surface area (Å²) in [6.07, 6.45) is 6.21. The standard InChI is InChI=1S/C19H21NO3/c1-3-23-19(21)14-8-6-7-13(11-14)17-12-20-18(22-2)16-10-5-4-9-15(16)17/h6-8,11-12H,3-5,9-10H2,1-2H3. The molecule has 0 bridgehead atoms. The molecule has 1 aromatic heterocycles. The zero-order valence-corrected chi connectivity index (χ0v) is 13.6. The minimum Gasteiger partial charge on any atom is -0.481 e. The van der Waals surface area contributed by atoms with E-state index in [-0.39, 0.29) is 5.97 Å². The van der Waals surface area contributed by atoms with E-state index in [1.807, 2.05) is 31.3 Å². The molecular weight excluding hydrogens is 290 g/mol. The molecule has 1 aromatic carbocycles. The minimum absolute atomic E-state index is 0.287. The lowest BCUT2D eigenvalue weighted by Gasteiger charge is -2.21. The maximum Gasteiger partial charge on any atom is 0.338 e. The van der Waals surface area contributed by atoms with E-state index in [1.54, 1.807) is 13.2 Å². The highest BCUT2D eigenvalue weighted by molar-refractivity contribution is 5.91. The highest BCUT2D eigenvalue weighted by Gasteiger charge is 2.20. The van der Waals surface area contributed by atoms with Crippen LogP contribution in [0.5, 0.6) is 5.88 Å². The van der Waals surface area contributed by atoms with E-state index in [0.29, 0.717) is 12.2 Å². The first-order valence-electron chi connectivity index (χ1n) is 8.07. The van der Waals surface area contributed by atoms with E-state index in [4.69, 9.17) is 9.47 Å². The third-order valence-electron chi connectivity index (χ3n) is 4.24. The Balaban J connectivity index is 2.05. The molecule has 0 spiro atoms. The Bertz CT molecular complexity index is 725. The van der Waals surface area contributed by atoms with Crippen molar-refractivity contribution in [3.05, 3.63) is 47.2 Å². The van der Waals surface area contributed by atoms with Gasteiger partial charge < -0.3 is 9.47 Å². The SMILES string of the molecule is CCOC(=O)c1cccc(-c2cnc(OC)c3c2CCCC3)c1. The monoisotopic (exact) mass is 311 g/mol. The zero-order chi connectivity index (χ0) is 16.2. The summed E-state index contributed by atoms with van der Waals surface area (Å²) < 4.78 is 10.5. The predicted molar refractivity (Wildman–Crippen MR) is 88.8 cm³/mol. The summed E-state index contributed by atoms with van der Waals surface area (Å²) in [7, 11) is 1.66. The first-order chi connectivity index (χ1) is 11.2. The van der Waals surface area contributed by atoms with Crippen molar-refractivity contribution < 1.29 is 14.3 Å². The van der Waals surface area contributed by atoms with E-state index in [0.717, 1.165) is 36.3 Å². The summed E-state index contributed by atoms with van der Waals surface area (Å²) in [5, 5.41) is 0. The van der Waals surface area contributed by atoms with E-state index in [2.05, 4.69) is 4.98 Å². The number of benzene rings is 1. The molecule has 0 unspecified atom stereocenters. The summed E-state index contributed by atoms with van der Waals surface area (Å²) in [6.45, 7) is 2.19. The molecular formula is C19H21NO3. The quantitative estimate of drug-likeness (QED) is 0.806. The summed E-state index contributed by atoms with van der Waals surface area (Å²) in [5.74, 6) is 0.440. The molecule has 1 aliphatic carbocycles. The van der Waals surface area contributed by atoms with Crippen LogP contribution in [0.15, 0.2) is 30.5 Å². The van der Waals surface area contributed by atoms with Crippen LogP contribution in [0.25, 0.3) is 11.1 Å². The first-order valence-corrected chi connectivity index (χ1v) is 8.07. The van der Waals surface area contributed by atoms with Crippen molar-refractivity contribution in [3.8, 4) is 17.0 Å². The fourth-order valence-corrected chi connectivity index (χ4v) is 3.17. The molecule has 120 valence electrons. The van der Waals surface area contributed by atoms with Crippen molar-refractivity contribution in [1.29, 1.82) is 0 Å². The van der Waals surface area contributed by atoms with Crippen molar-refractivity contribution in [3.63, 3.8) is 0 Å². The molecule has 1 heterocycles. The number of carbonyl (C=O) groups excluding carboxylic acids is 1. The Morgan fingerprint density at radius 2 is 2.00 bits per heavy atom. The van der Waals surface area contributed by atoms with Gasteiger partial charge in [-0.15, -0.1) is 0 Å². The van der Waals surface area contributed by atoms with Gasteiger partial charge in [0.2, 0.25) is 5.88 Å². The van der Waals surface area contributed by atoms with Crippen molar-refractivity contribution in [2.45, 2.75) is 32.6 Å². The Hall–Kier alpha value is -2.36. The first kappa shape index (κ1) is 15.5. The number of pyridine rings is 1. The molecule has 0 saturated heterocycles. The molecule has 0 atom stereocenters. The fraction of sp³-hybridized carbons (Fsp3) is 0.368. The van der Waals surface area contributed by atoms with Crippen LogP contribution in [0.3, 0.4) is 0 Å². The van der Waals surface area contributed by atoms with Crippen molar-refractivity contribution in [1.82, 2.24) is 4.98 Å². The van der Waals surface area contributed by atoms with E-state index in [9.17, 15) is 4.79 Å². The van der Waals surface area contributed by atoms with Gasteiger partial charge in [-0.3, -0.25) is 0 Å². The molecule has 23 heavy (non-hydrogen) atoms. The van der Waals surface area contributed by atoms with Crippen LogP contribution in [0.1, 0.15) is 41.3 Å². The summed E-state index contributed by atoms with van der Waals surface area (Å²) in [4.78, 5) is 16.4. The van der Waals surface area contributed by atoms with Crippen LogP contribution in [0, 0.1) is 0 Å². The van der Waals surface area contributed by atoms with Gasteiger partial charge in [0.05, 0.1) is 19.3 Å². The minimum atomic E-state index is -0.287. The van der Waals surface area contributed by atoms with E-state index < -0.39 is 0 Å². The number of aromatic nitrogens is 1. The topological polar surface area (TPSA) is 48.4 Å². The second-order valence-electron chi connectivity index (χ2n) is 5.65. The lowest BCUT2D eigenvalue weighted by Crippen LogP contribution is -2.09. The highest BCUT2D eigenvalue weighted by atomic mass is 16.5. The predicted octanol–water partition coefficient (Wildman–Crippen LogP) is 3.81. The van der Waals surface area contributed by atoms with Gasteiger partial charge in [0.25, 0.3) is 0 Å². The number of ether oxygens (including phenoxy) is 2. The number of hydrogen-bond acceptors (Lipinski definition) is 4. The van der Waals surface area contributed by atoms with Crippen molar-refractivity contribution in [2.24, 2.45) is 0 Å². The Morgan fingerprint density at radius 3 is 2.74 bits per heavy atom. The molecule has 4 heteroatoms. The second kappa shape index (κ2) is 6.82. The average molecular weight is 311 g/mol. The molecule has 0 saturated carbocycles. The Morgan fingerprint density at radius 1 is 1.22 bits per heavy atom. The molecule has 0 amide bonds. The smallest absolute Gasteiger partial charge is 0.338 e. The Kier molecular flexibility index (Phi) is 4.60. The molecule has 2 aromatic rings. The molecule has 0 aliphatic heterocycles. The lowest BCUT2D eigenvalue weighted by molar-refractivity contribution is 0.0526. The van der Waals surface area contributed by atoms with Crippen LogP contribution in [0.2, 0.25) is 0 Å². The van der Waals surface area contributed by atoms with Gasteiger partial charge in [0.1, 0.15) is 0 Å². The Labute approximate surface area is 136 Å². The molecule has 0 N–H and O–H groups in total. The maximum atomic E-state index is 12.0. The number of hydrogen-bond donors (Lipinski definition) is 0. The van der Waals surface area contributed by atoms with Crippen LogP contribution in [-0.2, 0) is 17.6 Å². The normalized spacial score (nSPS) is 13.3. The van der Waals surface area contributed by atoms with Crippen LogP contribution in [-0.4, -0.2) is 24.7 Å². The number of esters is 1. The van der Waals surface area contributed by atoms with Crippen molar-refractivity contribution in [2.75, 3.05) is 13.7 Å². The fourth-order valence-electron chi connectivity index (χ4n) is 3.17. The van der Waals surface area contributed by atoms with Gasteiger partial charge in [-0.1, -0.05) is 12.1 Å². The lowest BCUT2D eigenvalue weighted by atomic mass is 9.87. The third kappa shape index (κ3) is 3.07. The molecule has 0 fully saturated rings.